The van der Waals surface area contributed by atoms with E-state index in [1.54, 1.807) is 18.2 Å². The Morgan fingerprint density at radius 3 is 2.24 bits per heavy atom. The lowest BCUT2D eigenvalue weighted by Crippen LogP contribution is -2.31. The first-order valence-corrected chi connectivity index (χ1v) is 6.29. The summed E-state index contributed by atoms with van der Waals surface area (Å²) >= 11 is 11.9. The smallest absolute Gasteiger partial charge is 0.176 e. The van der Waals surface area contributed by atoms with E-state index < -0.39 is 12.3 Å². The van der Waals surface area contributed by atoms with Crippen molar-refractivity contribution in [3.8, 4) is 0 Å². The van der Waals surface area contributed by atoms with Crippen molar-refractivity contribution in [2.75, 3.05) is 13.2 Å². The van der Waals surface area contributed by atoms with E-state index in [2.05, 4.69) is 0 Å². The molecule has 1 aromatic carbocycles. The van der Waals surface area contributed by atoms with Gasteiger partial charge in [0.1, 0.15) is 0 Å². The zero-order chi connectivity index (χ0) is 12.8. The summed E-state index contributed by atoms with van der Waals surface area (Å²) in [6.45, 7) is 4.84. The van der Waals surface area contributed by atoms with Crippen LogP contribution in [-0.4, -0.2) is 19.5 Å². The van der Waals surface area contributed by atoms with Gasteiger partial charge in [0.05, 0.1) is 6.04 Å². The molecular weight excluding hydrogens is 261 g/mol. The lowest BCUT2D eigenvalue weighted by molar-refractivity contribution is -0.149. The summed E-state index contributed by atoms with van der Waals surface area (Å²) in [6, 6.07) is 4.77. The molecule has 1 atom stereocenters. The monoisotopic (exact) mass is 277 g/mol. The zero-order valence-electron chi connectivity index (χ0n) is 9.95. The summed E-state index contributed by atoms with van der Waals surface area (Å²) in [5.41, 5.74) is 6.85. The molecule has 0 aromatic heterocycles. The maximum absolute atomic E-state index is 6.09. The van der Waals surface area contributed by atoms with E-state index in [9.17, 15) is 0 Å². The first-order chi connectivity index (χ1) is 8.10. The Morgan fingerprint density at radius 1 is 1.18 bits per heavy atom. The summed E-state index contributed by atoms with van der Waals surface area (Å²) in [6.07, 6.45) is -0.497. The third-order valence-corrected chi connectivity index (χ3v) is 2.84. The van der Waals surface area contributed by atoms with Gasteiger partial charge in [0.2, 0.25) is 0 Å². The highest BCUT2D eigenvalue weighted by molar-refractivity contribution is 6.35. The van der Waals surface area contributed by atoms with Crippen LogP contribution in [0.25, 0.3) is 0 Å². The van der Waals surface area contributed by atoms with E-state index in [4.69, 9.17) is 38.4 Å². The minimum Gasteiger partial charge on any atom is -0.351 e. The van der Waals surface area contributed by atoms with Gasteiger partial charge in [0.15, 0.2) is 6.29 Å². The zero-order valence-corrected chi connectivity index (χ0v) is 11.5. The first-order valence-electron chi connectivity index (χ1n) is 5.53. The maximum Gasteiger partial charge on any atom is 0.176 e. The van der Waals surface area contributed by atoms with Gasteiger partial charge in [-0.3, -0.25) is 0 Å². The minimum atomic E-state index is -0.497. The summed E-state index contributed by atoms with van der Waals surface area (Å²) in [5, 5.41) is 1.10. The molecule has 96 valence electrons. The van der Waals surface area contributed by atoms with Crippen LogP contribution in [0.2, 0.25) is 10.0 Å². The highest BCUT2D eigenvalue weighted by atomic mass is 35.5. The fraction of sp³-hybridized carbons (Fsp3) is 0.500. The molecule has 0 saturated heterocycles. The first kappa shape index (κ1) is 14.7. The third kappa shape index (κ3) is 4.12. The minimum absolute atomic E-state index is 0.431. The molecule has 0 spiro atoms. The van der Waals surface area contributed by atoms with Gasteiger partial charge in [0.25, 0.3) is 0 Å². The second-order valence-electron chi connectivity index (χ2n) is 3.47. The van der Waals surface area contributed by atoms with Gasteiger partial charge in [-0.2, -0.15) is 0 Å². The molecular formula is C12H17Cl2NO2. The molecule has 0 aliphatic carbocycles. The van der Waals surface area contributed by atoms with Crippen LogP contribution in [0.15, 0.2) is 18.2 Å². The molecule has 0 radical (unpaired) electrons. The Bertz CT molecular complexity index is 354. The average molecular weight is 278 g/mol. The van der Waals surface area contributed by atoms with Crippen LogP contribution in [0.5, 0.6) is 0 Å². The van der Waals surface area contributed by atoms with Crippen molar-refractivity contribution >= 4 is 23.2 Å². The SMILES string of the molecule is CCOC(OCC)C(N)c1ccc(Cl)cc1Cl. The van der Waals surface area contributed by atoms with Crippen molar-refractivity contribution < 1.29 is 9.47 Å². The molecule has 0 heterocycles. The van der Waals surface area contributed by atoms with E-state index in [1.807, 2.05) is 13.8 Å². The van der Waals surface area contributed by atoms with E-state index in [-0.39, 0.29) is 0 Å². The normalized spacial score (nSPS) is 13.1. The van der Waals surface area contributed by atoms with Crippen LogP contribution < -0.4 is 5.73 Å². The van der Waals surface area contributed by atoms with Crippen molar-refractivity contribution in [2.45, 2.75) is 26.2 Å². The van der Waals surface area contributed by atoms with E-state index >= 15 is 0 Å². The lowest BCUT2D eigenvalue weighted by Gasteiger charge is -2.24. The van der Waals surface area contributed by atoms with Gasteiger partial charge < -0.3 is 15.2 Å². The molecule has 1 unspecified atom stereocenters. The number of hydrogen-bond acceptors (Lipinski definition) is 3. The second kappa shape index (κ2) is 7.19. The van der Waals surface area contributed by atoms with Crippen molar-refractivity contribution in [1.29, 1.82) is 0 Å². The number of benzene rings is 1. The van der Waals surface area contributed by atoms with Gasteiger partial charge >= 0.3 is 0 Å². The van der Waals surface area contributed by atoms with Gasteiger partial charge in [-0.15, -0.1) is 0 Å². The fourth-order valence-corrected chi connectivity index (χ4v) is 2.04. The fourth-order valence-electron chi connectivity index (χ4n) is 1.50. The van der Waals surface area contributed by atoms with Crippen LogP contribution in [0, 0.1) is 0 Å². The Kier molecular flexibility index (Phi) is 6.23. The second-order valence-corrected chi connectivity index (χ2v) is 4.31. The van der Waals surface area contributed by atoms with Crippen molar-refractivity contribution in [3.63, 3.8) is 0 Å². The Balaban J connectivity index is 2.88. The van der Waals surface area contributed by atoms with Gasteiger partial charge in [0, 0.05) is 23.3 Å². The van der Waals surface area contributed by atoms with Gasteiger partial charge in [-0.1, -0.05) is 29.3 Å². The third-order valence-electron chi connectivity index (χ3n) is 2.28. The molecule has 2 N–H and O–H groups in total. The predicted molar refractivity (Wildman–Crippen MR) is 70.4 cm³/mol. The van der Waals surface area contributed by atoms with Gasteiger partial charge in [-0.25, -0.2) is 0 Å². The molecule has 3 nitrogen and oxygen atoms in total. The average Bonchev–Trinajstić information content (AvgIpc) is 2.28. The molecule has 1 rings (SSSR count). The van der Waals surface area contributed by atoms with E-state index in [0.29, 0.717) is 23.3 Å². The molecule has 0 fully saturated rings. The summed E-state index contributed by atoms with van der Waals surface area (Å²) in [5.74, 6) is 0. The number of halogens is 2. The van der Waals surface area contributed by atoms with Gasteiger partial charge in [-0.05, 0) is 31.5 Å². The standard InChI is InChI=1S/C12H17Cl2NO2/c1-3-16-12(17-4-2)11(15)9-6-5-8(13)7-10(9)14/h5-7,11-12H,3-4,15H2,1-2H3. The number of hydrogen-bond donors (Lipinski definition) is 1. The summed E-state index contributed by atoms with van der Waals surface area (Å²) in [4.78, 5) is 0. The predicted octanol–water partition coefficient (Wildman–Crippen LogP) is 3.39. The van der Waals surface area contributed by atoms with Crippen LogP contribution in [0.4, 0.5) is 0 Å². The molecule has 0 aliphatic heterocycles. The molecule has 0 saturated carbocycles. The molecule has 5 heteroatoms. The van der Waals surface area contributed by atoms with E-state index in [0.717, 1.165) is 5.56 Å². The number of ether oxygens (including phenoxy) is 2. The quantitative estimate of drug-likeness (QED) is 0.811. The Morgan fingerprint density at radius 2 is 1.76 bits per heavy atom. The number of rotatable bonds is 6. The highest BCUT2D eigenvalue weighted by Crippen LogP contribution is 2.28. The lowest BCUT2D eigenvalue weighted by atomic mass is 10.1. The largest absolute Gasteiger partial charge is 0.351 e. The van der Waals surface area contributed by atoms with E-state index in [1.165, 1.54) is 0 Å². The number of nitrogens with two attached hydrogens (primary N) is 1. The van der Waals surface area contributed by atoms with Crippen LogP contribution in [0.1, 0.15) is 25.5 Å². The molecule has 0 amide bonds. The van der Waals surface area contributed by atoms with Crippen molar-refractivity contribution in [3.05, 3.63) is 33.8 Å². The molecule has 1 aromatic rings. The highest BCUT2D eigenvalue weighted by Gasteiger charge is 2.22. The molecule has 0 aliphatic rings. The topological polar surface area (TPSA) is 44.5 Å². The van der Waals surface area contributed by atoms with Crippen LogP contribution >= 0.6 is 23.2 Å². The summed E-state index contributed by atoms with van der Waals surface area (Å²) in [7, 11) is 0. The molecule has 17 heavy (non-hydrogen) atoms. The molecule has 0 bridgehead atoms. The maximum atomic E-state index is 6.09. The Labute approximate surface area is 112 Å². The summed E-state index contributed by atoms with van der Waals surface area (Å²) < 4.78 is 10.9. The Hall–Kier alpha value is -0.320. The van der Waals surface area contributed by atoms with Crippen LogP contribution in [0.3, 0.4) is 0 Å². The van der Waals surface area contributed by atoms with Crippen LogP contribution in [-0.2, 0) is 9.47 Å². The van der Waals surface area contributed by atoms with Crippen molar-refractivity contribution in [1.82, 2.24) is 0 Å². The van der Waals surface area contributed by atoms with Crippen molar-refractivity contribution in [2.24, 2.45) is 5.73 Å².